The monoisotopic (exact) mass is 1120 g/mol. The van der Waals surface area contributed by atoms with Crippen LogP contribution in [0.2, 0.25) is 34.8 Å². The van der Waals surface area contributed by atoms with E-state index in [-0.39, 0.29) is 51.6 Å². The summed E-state index contributed by atoms with van der Waals surface area (Å²) in [6, 6.07) is 24.2. The number of rotatable bonds is 17. The van der Waals surface area contributed by atoms with Gasteiger partial charge in [0.2, 0.25) is 11.8 Å². The van der Waals surface area contributed by atoms with Crippen molar-refractivity contribution in [3.05, 3.63) is 113 Å². The molecular weight excluding hydrogens is 1030 g/mol. The Morgan fingerprint density at radius 3 is 1.81 bits per heavy atom. The van der Waals surface area contributed by atoms with Crippen molar-refractivity contribution in [1.82, 2.24) is 15.5 Å². The van der Waals surface area contributed by atoms with Gasteiger partial charge in [0.25, 0.3) is 14.2 Å². The molecule has 0 radical (unpaired) electrons. The Hall–Kier alpha value is -6.44. The maximum atomic E-state index is 15.3. The van der Waals surface area contributed by atoms with Crippen molar-refractivity contribution in [2.75, 3.05) is 23.9 Å². The Balaban J connectivity index is 1.12. The summed E-state index contributed by atoms with van der Waals surface area (Å²) >= 11 is 0. The van der Waals surface area contributed by atoms with Crippen LogP contribution in [-0.2, 0) is 23.5 Å². The average molecular weight is 1120 g/mol. The highest BCUT2D eigenvalue weighted by molar-refractivity contribution is 6.78. The Bertz CT molecular complexity index is 2890. The second-order valence-corrected chi connectivity index (χ2v) is 35.3. The average Bonchev–Trinajstić information content (AvgIpc) is 3.94. The van der Waals surface area contributed by atoms with Gasteiger partial charge in [0.15, 0.2) is 20.3 Å². The smallest absolute Gasteiger partial charge is 0.417 e. The summed E-state index contributed by atoms with van der Waals surface area (Å²) in [5, 5.41) is 8.12. The van der Waals surface area contributed by atoms with E-state index >= 15 is 9.59 Å². The van der Waals surface area contributed by atoms with Crippen LogP contribution in [0.1, 0.15) is 143 Å². The number of nitrogens with zero attached hydrogens (tertiary/aromatic N) is 2. The summed E-state index contributed by atoms with van der Waals surface area (Å²) in [7, 11) is -3.75. The molecule has 1 unspecified atom stereocenters. The van der Waals surface area contributed by atoms with E-state index in [1.807, 2.05) is 89.3 Å². The van der Waals surface area contributed by atoms with Crippen molar-refractivity contribution in [3.8, 4) is 22.6 Å². The number of benzene rings is 4. The molecular formula is C62H85N5O10Si2. The number of carbonyl (C=O) groups excluding carboxylic acids is 5. The zero-order chi connectivity index (χ0) is 58.3. The lowest BCUT2D eigenvalue weighted by Crippen LogP contribution is -2.58. The first-order valence-corrected chi connectivity index (χ1v) is 32.9. The molecule has 7 rings (SSSR count). The van der Waals surface area contributed by atoms with Gasteiger partial charge in [-0.1, -0.05) is 137 Å². The summed E-state index contributed by atoms with van der Waals surface area (Å²) in [6.45, 7) is 34.6. The van der Waals surface area contributed by atoms with Crippen LogP contribution in [0.25, 0.3) is 16.7 Å². The first-order chi connectivity index (χ1) is 36.9. The third-order valence-corrected chi connectivity index (χ3v) is 26.7. The number of nitrogens with one attached hydrogen (secondary N) is 3. The number of methoxy groups -OCH3 is 1. The molecule has 2 heterocycles. The lowest BCUT2D eigenvalue weighted by molar-refractivity contribution is -0.128. The molecule has 4 aromatic rings. The van der Waals surface area contributed by atoms with Gasteiger partial charge >= 0.3 is 12.2 Å². The predicted octanol–water partition coefficient (Wildman–Crippen LogP) is 13.6. The van der Waals surface area contributed by atoms with Crippen molar-refractivity contribution in [2.45, 2.75) is 181 Å². The minimum atomic E-state index is -2.72. The first kappa shape index (κ1) is 60.2. The summed E-state index contributed by atoms with van der Waals surface area (Å²) in [4.78, 5) is 74.1. The van der Waals surface area contributed by atoms with Gasteiger partial charge in [0, 0.05) is 23.9 Å². The van der Waals surface area contributed by atoms with Crippen LogP contribution in [0.5, 0.6) is 11.5 Å². The Labute approximate surface area is 470 Å². The lowest BCUT2D eigenvalue weighted by atomic mass is 9.98. The predicted molar refractivity (Wildman–Crippen MR) is 318 cm³/mol. The molecule has 0 spiro atoms. The molecule has 0 bridgehead atoms. The highest BCUT2D eigenvalue weighted by Gasteiger charge is 2.53. The van der Waals surface area contributed by atoms with Crippen molar-refractivity contribution in [2.24, 2.45) is 5.92 Å². The standard InChI is InChI=1S/C62H85N5O10Si2/c1-36(2)54(65-59(71)74-35-49-46-25-21-19-23-44(46)45-24-20-22-26-47(45)49)56(69)63-40(9)55(68)64-43-29-27-41(28-30-43)42-31-51-58(77-78(17,18)62(13,14)15)67(60(72)75-61(10,11)12)50-33-53(76-79(37(3)4,38(5)6)39(7)8)52(73-16)32-48(50)57(70)66(51)34-42/h19-30,32-34,36-40,49,51,54,58H,31,35H2,1-18H3,(H,63,69)(H,64,68)(H,65,71)/t40-,51?,54-,58-/m0/s1. The van der Waals surface area contributed by atoms with Crippen LogP contribution >= 0.6 is 0 Å². The van der Waals surface area contributed by atoms with Gasteiger partial charge in [-0.3, -0.25) is 14.4 Å². The maximum absolute atomic E-state index is 15.3. The fraction of sp³-hybridized carbons (Fsp3) is 0.500. The van der Waals surface area contributed by atoms with Gasteiger partial charge in [0.05, 0.1) is 24.4 Å². The fourth-order valence-corrected chi connectivity index (χ4v) is 17.7. The van der Waals surface area contributed by atoms with Crippen LogP contribution in [0.4, 0.5) is 21.0 Å². The minimum Gasteiger partial charge on any atom is -0.540 e. The second-order valence-electron chi connectivity index (χ2n) is 25.2. The second kappa shape index (κ2) is 23.3. The number of hydrogen-bond donors (Lipinski definition) is 3. The number of hydrogen-bond acceptors (Lipinski definition) is 10. The van der Waals surface area contributed by atoms with Gasteiger partial charge in [-0.2, -0.15) is 0 Å². The molecule has 4 atom stereocenters. The molecule has 17 heteroatoms. The number of ether oxygens (including phenoxy) is 3. The molecule has 79 heavy (non-hydrogen) atoms. The maximum Gasteiger partial charge on any atom is 0.417 e. The van der Waals surface area contributed by atoms with E-state index in [0.717, 1.165) is 33.4 Å². The van der Waals surface area contributed by atoms with Crippen molar-refractivity contribution in [3.63, 3.8) is 0 Å². The van der Waals surface area contributed by atoms with Gasteiger partial charge in [-0.05, 0) is 126 Å². The van der Waals surface area contributed by atoms with Crippen LogP contribution in [0, 0.1) is 5.92 Å². The zero-order valence-electron chi connectivity index (χ0n) is 49.7. The summed E-state index contributed by atoms with van der Waals surface area (Å²) in [5.74, 6) is -0.961. The van der Waals surface area contributed by atoms with E-state index in [4.69, 9.17) is 23.1 Å². The van der Waals surface area contributed by atoms with Gasteiger partial charge in [-0.15, -0.1) is 0 Å². The Morgan fingerprint density at radius 2 is 1.29 bits per heavy atom. The highest BCUT2D eigenvalue weighted by atomic mass is 28.4. The van der Waals surface area contributed by atoms with E-state index in [1.165, 1.54) is 4.90 Å². The minimum absolute atomic E-state index is 0.0930. The first-order valence-electron chi connectivity index (χ1n) is 27.9. The normalized spacial score (nSPS) is 17.3. The van der Waals surface area contributed by atoms with E-state index in [1.54, 1.807) is 43.2 Å². The van der Waals surface area contributed by atoms with Crippen molar-refractivity contribution < 1.29 is 47.0 Å². The number of amides is 5. The van der Waals surface area contributed by atoms with E-state index in [9.17, 15) is 14.4 Å². The molecule has 5 amide bonds. The third-order valence-electron chi connectivity index (χ3n) is 16.3. The van der Waals surface area contributed by atoms with E-state index in [2.05, 4.69) is 103 Å². The summed E-state index contributed by atoms with van der Waals surface area (Å²) in [5.41, 5.74) is 6.78. The summed E-state index contributed by atoms with van der Waals surface area (Å²) < 4.78 is 32.6. The van der Waals surface area contributed by atoms with Crippen LogP contribution in [0.15, 0.2) is 91.1 Å². The van der Waals surface area contributed by atoms with Crippen molar-refractivity contribution >= 4 is 63.5 Å². The molecule has 0 saturated heterocycles. The third kappa shape index (κ3) is 12.5. The van der Waals surface area contributed by atoms with Crippen LogP contribution in [-0.4, -0.2) is 95.1 Å². The largest absolute Gasteiger partial charge is 0.540 e. The molecule has 426 valence electrons. The fourth-order valence-electron chi connectivity index (χ4n) is 11.2. The number of alkyl carbamates (subject to hydrolysis) is 1. The van der Waals surface area contributed by atoms with Crippen LogP contribution < -0.4 is 30.0 Å². The van der Waals surface area contributed by atoms with E-state index < -0.39 is 70.6 Å². The Morgan fingerprint density at radius 1 is 0.722 bits per heavy atom. The van der Waals surface area contributed by atoms with Gasteiger partial charge in [0.1, 0.15) is 30.0 Å². The number of carbonyl (C=O) groups is 5. The van der Waals surface area contributed by atoms with Crippen LogP contribution in [0.3, 0.4) is 0 Å². The van der Waals surface area contributed by atoms with Gasteiger partial charge < -0.3 is 43.9 Å². The SMILES string of the molecule is COc1cc2c(cc1O[Si](C(C)C)(C(C)C)C(C)C)N(C(=O)OC(C)(C)C)[C@@H](O[Si](C)(C)C(C)(C)C)C1CC(c3ccc(NC(=O)[C@H](C)NC(=O)[C@@H](NC(=O)OCC4c5ccccc5-c5ccccc54)C(C)C)cc3)=CN1C2=O. The molecule has 0 aromatic heterocycles. The molecule has 4 aromatic carbocycles. The molecule has 0 saturated carbocycles. The zero-order valence-corrected chi connectivity index (χ0v) is 51.7. The molecule has 0 fully saturated rings. The lowest BCUT2D eigenvalue weighted by Gasteiger charge is -2.45. The molecule has 15 nitrogen and oxygen atoms in total. The Kier molecular flexibility index (Phi) is 17.8. The highest BCUT2D eigenvalue weighted by Crippen LogP contribution is 2.50. The van der Waals surface area contributed by atoms with Crippen molar-refractivity contribution in [1.29, 1.82) is 0 Å². The number of anilines is 2. The van der Waals surface area contributed by atoms with E-state index in [0.29, 0.717) is 29.3 Å². The molecule has 3 aliphatic rings. The molecule has 1 aliphatic carbocycles. The topological polar surface area (TPSA) is 174 Å². The number of fused-ring (bicyclic) bond motifs is 5. The van der Waals surface area contributed by atoms with Gasteiger partial charge in [-0.25, -0.2) is 14.5 Å². The quantitative estimate of drug-likeness (QED) is 0.0863. The molecule has 3 N–H and O–H groups in total. The summed E-state index contributed by atoms with van der Waals surface area (Å²) in [6.07, 6.45) is -0.229. The molecule has 2 aliphatic heterocycles.